The van der Waals surface area contributed by atoms with Gasteiger partial charge < -0.3 is 19.1 Å². The summed E-state index contributed by atoms with van der Waals surface area (Å²) >= 11 is 0. The van der Waals surface area contributed by atoms with E-state index in [1.807, 2.05) is 23.1 Å². The van der Waals surface area contributed by atoms with Crippen LogP contribution in [0.5, 0.6) is 17.2 Å². The Morgan fingerprint density at radius 1 is 0.968 bits per heavy atom. The van der Waals surface area contributed by atoms with Gasteiger partial charge in [-0.05, 0) is 73.0 Å². The summed E-state index contributed by atoms with van der Waals surface area (Å²) in [5.74, 6) is 2.40. The quantitative estimate of drug-likeness (QED) is 0.526. The van der Waals surface area contributed by atoms with E-state index in [1.165, 1.54) is 11.1 Å². The average molecular weight is 420 g/mol. The fourth-order valence-corrected chi connectivity index (χ4v) is 5.10. The Hall–Kier alpha value is -3.21. The number of hydrogen-bond acceptors (Lipinski definition) is 4. The lowest BCUT2D eigenvalue weighted by Crippen LogP contribution is -2.40. The van der Waals surface area contributed by atoms with Crippen LogP contribution in [0.25, 0.3) is 21.9 Å². The van der Waals surface area contributed by atoms with E-state index in [2.05, 4.69) is 39.0 Å². The van der Waals surface area contributed by atoms with Gasteiger partial charge in [0.25, 0.3) is 0 Å². The van der Waals surface area contributed by atoms with Crippen LogP contribution in [0.2, 0.25) is 0 Å². The summed E-state index contributed by atoms with van der Waals surface area (Å²) in [6.45, 7) is 6.27. The molecule has 0 saturated carbocycles. The van der Waals surface area contributed by atoms with Crippen molar-refractivity contribution >= 4 is 17.2 Å². The number of carbonyl (C=O) groups is 1. The molecule has 1 heterocycles. The third kappa shape index (κ3) is 3.19. The maximum Gasteiger partial charge on any atom is 0.210 e. The molecule has 0 radical (unpaired) electrons. The van der Waals surface area contributed by atoms with Crippen LogP contribution in [-0.2, 0) is 11.2 Å². The van der Waals surface area contributed by atoms with Gasteiger partial charge >= 0.3 is 0 Å². The van der Waals surface area contributed by atoms with Gasteiger partial charge in [0.05, 0.1) is 32.8 Å². The molecule has 5 nitrogen and oxygen atoms in total. The zero-order valence-corrected chi connectivity index (χ0v) is 19.0. The number of benzene rings is 3. The molecule has 1 aliphatic rings. The largest absolute Gasteiger partial charge is 0.496 e. The lowest BCUT2D eigenvalue weighted by Gasteiger charge is -2.39. The molecule has 1 aliphatic heterocycles. The van der Waals surface area contributed by atoms with E-state index in [0.29, 0.717) is 0 Å². The maximum atomic E-state index is 11.8. The summed E-state index contributed by atoms with van der Waals surface area (Å²) in [6.07, 6.45) is 1.71. The van der Waals surface area contributed by atoms with E-state index >= 15 is 0 Å². The average Bonchev–Trinajstić information content (AvgIpc) is 2.78. The molecule has 4 rings (SSSR count). The minimum atomic E-state index is -0.0643. The van der Waals surface area contributed by atoms with E-state index in [4.69, 9.17) is 14.2 Å². The van der Waals surface area contributed by atoms with Gasteiger partial charge in [-0.15, -0.1) is 0 Å². The van der Waals surface area contributed by atoms with Crippen molar-refractivity contribution in [3.8, 4) is 28.4 Å². The molecule has 162 valence electrons. The first-order chi connectivity index (χ1) is 15.0. The molecule has 3 aromatic carbocycles. The molecule has 0 fully saturated rings. The first-order valence-electron chi connectivity index (χ1n) is 10.5. The number of fused-ring (bicyclic) bond motifs is 2. The first kappa shape index (κ1) is 21.0. The topological polar surface area (TPSA) is 48.0 Å². The molecule has 3 aromatic rings. The van der Waals surface area contributed by atoms with Crippen LogP contribution in [0.1, 0.15) is 36.6 Å². The van der Waals surface area contributed by atoms with Crippen LogP contribution in [0.4, 0.5) is 0 Å². The van der Waals surface area contributed by atoms with Gasteiger partial charge in [-0.25, -0.2) is 0 Å². The molecule has 2 atom stereocenters. The smallest absolute Gasteiger partial charge is 0.210 e. The summed E-state index contributed by atoms with van der Waals surface area (Å²) in [4.78, 5) is 13.6. The molecule has 5 heteroatoms. The highest BCUT2D eigenvalue weighted by Gasteiger charge is 2.33. The Labute approximate surface area is 183 Å². The zero-order chi connectivity index (χ0) is 22.3. The maximum absolute atomic E-state index is 11.8. The predicted octanol–water partition coefficient (Wildman–Crippen LogP) is 5.31. The number of ether oxygens (including phenoxy) is 3. The number of rotatable bonds is 5. The summed E-state index contributed by atoms with van der Waals surface area (Å²) in [6, 6.07) is 12.4. The second-order valence-corrected chi connectivity index (χ2v) is 8.14. The van der Waals surface area contributed by atoms with Crippen molar-refractivity contribution in [2.75, 3.05) is 21.3 Å². The highest BCUT2D eigenvalue weighted by Crippen LogP contribution is 2.47. The Bertz CT molecular complexity index is 1150. The summed E-state index contributed by atoms with van der Waals surface area (Å²) in [5.41, 5.74) is 5.76. The third-order valence-electron chi connectivity index (χ3n) is 6.53. The third-order valence-corrected chi connectivity index (χ3v) is 6.53. The molecule has 1 amide bonds. The minimum absolute atomic E-state index is 0.0643. The molecule has 0 N–H and O–H groups in total. The van der Waals surface area contributed by atoms with Crippen molar-refractivity contribution in [3.05, 3.63) is 53.1 Å². The Morgan fingerprint density at radius 3 is 2.32 bits per heavy atom. The molecule has 0 bridgehead atoms. The number of hydrogen-bond donors (Lipinski definition) is 0. The Balaban J connectivity index is 2.08. The number of aryl methyl sites for hydroxylation is 1. The summed E-state index contributed by atoms with van der Waals surface area (Å²) in [7, 11) is 5.05. The molecule has 0 saturated heterocycles. The monoisotopic (exact) mass is 419 g/mol. The van der Waals surface area contributed by atoms with Crippen LogP contribution in [0, 0.1) is 6.92 Å². The SMILES string of the molecule is COc1ccc(-c2c(C)cc(OC)c3c(OC)cccc23)c2c1[C@@H](C)N(C=O)[C@H](C)C2. The minimum Gasteiger partial charge on any atom is -0.496 e. The van der Waals surface area contributed by atoms with Crippen molar-refractivity contribution in [2.24, 2.45) is 0 Å². The standard InChI is InChI=1S/C26H29NO4/c1-15-12-23(31-6)26-19(8-7-9-21(26)29-4)24(15)18-10-11-22(30-5)25-17(3)27(14-28)16(2)13-20(18)25/h7-12,14,16-17H,13H2,1-6H3/t16-,17-/m1/s1. The van der Waals surface area contributed by atoms with Gasteiger partial charge in [-0.1, -0.05) is 18.2 Å². The number of methoxy groups -OCH3 is 3. The lowest BCUT2D eigenvalue weighted by atomic mass is 9.81. The van der Waals surface area contributed by atoms with Gasteiger partial charge in [-0.3, -0.25) is 4.79 Å². The molecule has 31 heavy (non-hydrogen) atoms. The Morgan fingerprint density at radius 2 is 1.68 bits per heavy atom. The van der Waals surface area contributed by atoms with Crippen LogP contribution >= 0.6 is 0 Å². The second kappa shape index (κ2) is 8.14. The van der Waals surface area contributed by atoms with Crippen molar-refractivity contribution in [1.82, 2.24) is 4.90 Å². The predicted molar refractivity (Wildman–Crippen MR) is 123 cm³/mol. The number of nitrogens with zero attached hydrogens (tertiary/aromatic N) is 1. The number of amides is 1. The van der Waals surface area contributed by atoms with E-state index in [0.717, 1.165) is 57.5 Å². The molecule has 0 spiro atoms. The van der Waals surface area contributed by atoms with Gasteiger partial charge in [0.2, 0.25) is 6.41 Å². The van der Waals surface area contributed by atoms with Crippen LogP contribution in [-0.4, -0.2) is 38.7 Å². The van der Waals surface area contributed by atoms with Crippen LogP contribution < -0.4 is 14.2 Å². The molecule has 0 aromatic heterocycles. The van der Waals surface area contributed by atoms with E-state index in [1.54, 1.807) is 21.3 Å². The fraction of sp³-hybridized carbons (Fsp3) is 0.346. The van der Waals surface area contributed by atoms with Gasteiger partial charge in [0.15, 0.2) is 0 Å². The first-order valence-corrected chi connectivity index (χ1v) is 10.5. The number of carbonyl (C=O) groups excluding carboxylic acids is 1. The van der Waals surface area contributed by atoms with Crippen molar-refractivity contribution in [2.45, 2.75) is 39.3 Å². The normalized spacial score (nSPS) is 17.9. The highest BCUT2D eigenvalue weighted by atomic mass is 16.5. The molecular weight excluding hydrogens is 390 g/mol. The highest BCUT2D eigenvalue weighted by molar-refractivity contribution is 6.05. The van der Waals surface area contributed by atoms with E-state index in [9.17, 15) is 4.79 Å². The molecule has 0 unspecified atom stereocenters. The van der Waals surface area contributed by atoms with Crippen LogP contribution in [0.3, 0.4) is 0 Å². The lowest BCUT2D eigenvalue weighted by molar-refractivity contribution is -0.122. The fourth-order valence-electron chi connectivity index (χ4n) is 5.10. The van der Waals surface area contributed by atoms with Crippen molar-refractivity contribution in [1.29, 1.82) is 0 Å². The van der Waals surface area contributed by atoms with Gasteiger partial charge in [0.1, 0.15) is 17.2 Å². The second-order valence-electron chi connectivity index (χ2n) is 8.14. The van der Waals surface area contributed by atoms with Crippen molar-refractivity contribution in [3.63, 3.8) is 0 Å². The summed E-state index contributed by atoms with van der Waals surface area (Å²) in [5, 5.41) is 2.05. The van der Waals surface area contributed by atoms with E-state index < -0.39 is 0 Å². The zero-order valence-electron chi connectivity index (χ0n) is 19.0. The molecular formula is C26H29NO4. The summed E-state index contributed by atoms with van der Waals surface area (Å²) < 4.78 is 17.1. The molecule has 0 aliphatic carbocycles. The van der Waals surface area contributed by atoms with Crippen LogP contribution in [0.15, 0.2) is 36.4 Å². The van der Waals surface area contributed by atoms with Gasteiger partial charge in [-0.2, -0.15) is 0 Å². The Kier molecular flexibility index (Phi) is 5.52. The van der Waals surface area contributed by atoms with E-state index in [-0.39, 0.29) is 12.1 Å². The van der Waals surface area contributed by atoms with Crippen molar-refractivity contribution < 1.29 is 19.0 Å². The van der Waals surface area contributed by atoms with Gasteiger partial charge in [0, 0.05) is 11.6 Å².